The van der Waals surface area contributed by atoms with E-state index in [-0.39, 0.29) is 6.10 Å². The number of hydrogen-bond donors (Lipinski definition) is 2. The fourth-order valence-electron chi connectivity index (χ4n) is 2.09. The van der Waals surface area contributed by atoms with Gasteiger partial charge in [0.1, 0.15) is 0 Å². The molecule has 16 heavy (non-hydrogen) atoms. The van der Waals surface area contributed by atoms with E-state index in [0.29, 0.717) is 11.2 Å². The van der Waals surface area contributed by atoms with E-state index >= 15 is 0 Å². The molecule has 3 nitrogen and oxygen atoms in total. The Kier molecular flexibility index (Phi) is 3.66. The molecule has 4 heteroatoms. The van der Waals surface area contributed by atoms with Crippen molar-refractivity contribution in [2.24, 2.45) is 0 Å². The van der Waals surface area contributed by atoms with E-state index in [1.807, 2.05) is 13.0 Å². The third-order valence-electron chi connectivity index (χ3n) is 3.03. The highest BCUT2D eigenvalue weighted by Crippen LogP contribution is 2.26. The Labute approximate surface area is 101 Å². The van der Waals surface area contributed by atoms with Crippen molar-refractivity contribution in [2.75, 3.05) is 5.32 Å². The van der Waals surface area contributed by atoms with Gasteiger partial charge in [-0.05, 0) is 44.2 Å². The predicted molar refractivity (Wildman–Crippen MR) is 65.9 cm³/mol. The minimum atomic E-state index is -0.121. The molecule has 0 radical (unpaired) electrons. The average molecular weight is 241 g/mol. The van der Waals surface area contributed by atoms with E-state index in [1.54, 1.807) is 6.20 Å². The molecule has 1 aliphatic rings. The molecule has 0 spiro atoms. The molecule has 1 saturated carbocycles. The van der Waals surface area contributed by atoms with Crippen LogP contribution < -0.4 is 5.32 Å². The molecule has 1 fully saturated rings. The van der Waals surface area contributed by atoms with Gasteiger partial charge in [0, 0.05) is 12.2 Å². The highest BCUT2D eigenvalue weighted by molar-refractivity contribution is 6.31. The fourth-order valence-corrected chi connectivity index (χ4v) is 2.25. The third kappa shape index (κ3) is 2.86. The first-order valence-corrected chi connectivity index (χ1v) is 6.09. The van der Waals surface area contributed by atoms with Crippen molar-refractivity contribution >= 4 is 17.3 Å². The zero-order chi connectivity index (χ0) is 11.5. The maximum absolute atomic E-state index is 9.43. The van der Waals surface area contributed by atoms with Gasteiger partial charge in [-0.3, -0.25) is 0 Å². The van der Waals surface area contributed by atoms with Gasteiger partial charge in [0.2, 0.25) is 0 Å². The molecule has 2 N–H and O–H groups in total. The number of hydrogen-bond acceptors (Lipinski definition) is 3. The van der Waals surface area contributed by atoms with Crippen LogP contribution in [-0.4, -0.2) is 22.2 Å². The molecule has 1 aromatic rings. The van der Waals surface area contributed by atoms with Gasteiger partial charge >= 0.3 is 0 Å². The first-order chi connectivity index (χ1) is 7.65. The van der Waals surface area contributed by atoms with Gasteiger partial charge in [0.15, 0.2) is 5.15 Å². The Morgan fingerprint density at radius 1 is 1.38 bits per heavy atom. The SMILES string of the molecule is Cc1cnc(Cl)c(NC2CCC(O)CC2)c1. The summed E-state index contributed by atoms with van der Waals surface area (Å²) >= 11 is 6.02. The van der Waals surface area contributed by atoms with E-state index in [0.717, 1.165) is 36.9 Å². The van der Waals surface area contributed by atoms with Crippen LogP contribution in [0.5, 0.6) is 0 Å². The number of anilines is 1. The molecule has 88 valence electrons. The largest absolute Gasteiger partial charge is 0.393 e. The Morgan fingerprint density at radius 3 is 2.75 bits per heavy atom. The molecule has 0 amide bonds. The van der Waals surface area contributed by atoms with Crippen LogP contribution in [0.2, 0.25) is 5.15 Å². The Balaban J connectivity index is 2.00. The number of aryl methyl sites for hydroxylation is 1. The van der Waals surface area contributed by atoms with Crippen molar-refractivity contribution in [3.05, 3.63) is 23.0 Å². The summed E-state index contributed by atoms with van der Waals surface area (Å²) in [6.07, 6.45) is 5.36. The van der Waals surface area contributed by atoms with Crippen LogP contribution in [0.25, 0.3) is 0 Å². The van der Waals surface area contributed by atoms with Crippen molar-refractivity contribution in [1.82, 2.24) is 4.98 Å². The number of aliphatic hydroxyl groups excluding tert-OH is 1. The first kappa shape index (κ1) is 11.7. The van der Waals surface area contributed by atoms with E-state index in [2.05, 4.69) is 10.3 Å². The molecular weight excluding hydrogens is 224 g/mol. The highest BCUT2D eigenvalue weighted by atomic mass is 35.5. The van der Waals surface area contributed by atoms with Crippen LogP contribution in [0.1, 0.15) is 31.2 Å². The van der Waals surface area contributed by atoms with Crippen molar-refractivity contribution in [3.63, 3.8) is 0 Å². The molecule has 0 bridgehead atoms. The number of pyridine rings is 1. The third-order valence-corrected chi connectivity index (χ3v) is 3.33. The van der Waals surface area contributed by atoms with Gasteiger partial charge in [0.05, 0.1) is 11.8 Å². The summed E-state index contributed by atoms with van der Waals surface area (Å²) < 4.78 is 0. The Hall–Kier alpha value is -0.800. The van der Waals surface area contributed by atoms with Gasteiger partial charge in [-0.2, -0.15) is 0 Å². The van der Waals surface area contributed by atoms with Crippen LogP contribution in [0.4, 0.5) is 5.69 Å². The standard InChI is InChI=1S/C12H17ClN2O/c1-8-6-11(12(13)14-7-8)15-9-2-4-10(16)5-3-9/h6-7,9-10,15-16H,2-5H2,1H3. The van der Waals surface area contributed by atoms with Crippen LogP contribution in [0, 0.1) is 6.92 Å². The number of rotatable bonds is 2. The van der Waals surface area contributed by atoms with Crippen molar-refractivity contribution in [2.45, 2.75) is 44.8 Å². The minimum Gasteiger partial charge on any atom is -0.393 e. The maximum Gasteiger partial charge on any atom is 0.152 e. The minimum absolute atomic E-state index is 0.121. The quantitative estimate of drug-likeness (QED) is 0.782. The van der Waals surface area contributed by atoms with Gasteiger partial charge in [0.25, 0.3) is 0 Å². The smallest absolute Gasteiger partial charge is 0.152 e. The topological polar surface area (TPSA) is 45.2 Å². The highest BCUT2D eigenvalue weighted by Gasteiger charge is 2.19. The van der Waals surface area contributed by atoms with Crippen LogP contribution in [0.3, 0.4) is 0 Å². The van der Waals surface area contributed by atoms with Gasteiger partial charge in [-0.1, -0.05) is 11.6 Å². The molecule has 1 heterocycles. The first-order valence-electron chi connectivity index (χ1n) is 5.72. The zero-order valence-corrected chi connectivity index (χ0v) is 10.2. The summed E-state index contributed by atoms with van der Waals surface area (Å²) in [6, 6.07) is 2.42. The molecule has 0 atom stereocenters. The van der Waals surface area contributed by atoms with Crippen molar-refractivity contribution < 1.29 is 5.11 Å². The van der Waals surface area contributed by atoms with Crippen molar-refractivity contribution in [1.29, 1.82) is 0 Å². The van der Waals surface area contributed by atoms with Crippen molar-refractivity contribution in [3.8, 4) is 0 Å². The normalized spacial score (nSPS) is 25.4. The second kappa shape index (κ2) is 5.02. The molecular formula is C12H17ClN2O. The van der Waals surface area contributed by atoms with Crippen LogP contribution in [-0.2, 0) is 0 Å². The summed E-state index contributed by atoms with van der Waals surface area (Å²) in [7, 11) is 0. The number of aliphatic hydroxyl groups is 1. The fraction of sp³-hybridized carbons (Fsp3) is 0.583. The summed E-state index contributed by atoms with van der Waals surface area (Å²) in [6.45, 7) is 2.00. The summed E-state index contributed by atoms with van der Waals surface area (Å²) in [4.78, 5) is 4.11. The lowest BCUT2D eigenvalue weighted by atomic mass is 9.93. The monoisotopic (exact) mass is 240 g/mol. The molecule has 2 rings (SSSR count). The Morgan fingerprint density at radius 2 is 2.06 bits per heavy atom. The molecule has 0 aromatic carbocycles. The van der Waals surface area contributed by atoms with E-state index in [9.17, 15) is 5.11 Å². The predicted octanol–water partition coefficient (Wildman–Crippen LogP) is 2.76. The number of nitrogens with one attached hydrogen (secondary N) is 1. The number of aromatic nitrogens is 1. The average Bonchev–Trinajstić information content (AvgIpc) is 2.27. The van der Waals surface area contributed by atoms with E-state index in [4.69, 9.17) is 11.6 Å². The summed E-state index contributed by atoms with van der Waals surface area (Å²) in [5.41, 5.74) is 2.01. The van der Waals surface area contributed by atoms with E-state index < -0.39 is 0 Å². The molecule has 1 aromatic heterocycles. The zero-order valence-electron chi connectivity index (χ0n) is 9.41. The lowest BCUT2D eigenvalue weighted by Gasteiger charge is -2.27. The lowest BCUT2D eigenvalue weighted by molar-refractivity contribution is 0.126. The molecule has 0 aliphatic heterocycles. The molecule has 0 saturated heterocycles. The van der Waals surface area contributed by atoms with E-state index in [1.165, 1.54) is 0 Å². The Bertz CT molecular complexity index is 362. The second-order valence-electron chi connectivity index (χ2n) is 4.50. The summed E-state index contributed by atoms with van der Waals surface area (Å²) in [5, 5.41) is 13.4. The van der Waals surface area contributed by atoms with Gasteiger partial charge < -0.3 is 10.4 Å². The van der Waals surface area contributed by atoms with Gasteiger partial charge in [-0.15, -0.1) is 0 Å². The molecule has 0 unspecified atom stereocenters. The van der Waals surface area contributed by atoms with Crippen LogP contribution >= 0.6 is 11.6 Å². The van der Waals surface area contributed by atoms with Crippen LogP contribution in [0.15, 0.2) is 12.3 Å². The summed E-state index contributed by atoms with van der Waals surface area (Å²) in [5.74, 6) is 0. The second-order valence-corrected chi connectivity index (χ2v) is 4.86. The number of nitrogens with zero attached hydrogens (tertiary/aromatic N) is 1. The molecule has 1 aliphatic carbocycles. The lowest BCUT2D eigenvalue weighted by Crippen LogP contribution is -2.28. The van der Waals surface area contributed by atoms with Gasteiger partial charge in [-0.25, -0.2) is 4.98 Å². The maximum atomic E-state index is 9.43. The number of halogens is 1.